The van der Waals surface area contributed by atoms with E-state index >= 15 is 0 Å². The molecule has 3 aromatic rings. The maximum absolute atomic E-state index is 14.6. The van der Waals surface area contributed by atoms with Crippen LogP contribution in [0.3, 0.4) is 0 Å². The molecule has 7 rings (SSSR count). The van der Waals surface area contributed by atoms with Gasteiger partial charge in [-0.3, -0.25) is 19.1 Å². The first-order valence-corrected chi connectivity index (χ1v) is 20.2. The van der Waals surface area contributed by atoms with Crippen LogP contribution in [-0.4, -0.2) is 75.6 Å². The highest BCUT2D eigenvalue weighted by molar-refractivity contribution is 7.91. The second-order valence-electron chi connectivity index (χ2n) is 15.7. The molecule has 3 aliphatic carbocycles. The van der Waals surface area contributed by atoms with Crippen molar-refractivity contribution in [1.29, 1.82) is 0 Å². The fraction of sp³-hybridized carbons (Fsp3) is 0.553. The number of rotatable bonds is 7. The fourth-order valence-electron chi connectivity index (χ4n) is 7.41. The minimum atomic E-state index is -3.90. The van der Waals surface area contributed by atoms with Crippen LogP contribution in [0.4, 0.5) is 4.79 Å². The van der Waals surface area contributed by atoms with Gasteiger partial charge < -0.3 is 24.5 Å². The van der Waals surface area contributed by atoms with Crippen molar-refractivity contribution in [3.63, 3.8) is 0 Å². The third-order valence-electron chi connectivity index (χ3n) is 10.4. The SMILES string of the molecule is CC(C)(C)OC(=O)N[C@@H]1CCCCC/C=C\C2C[C@@]2(C(=O)NS(=O)(=O)C2CC2)NC(=O)[C@@H]2C[C@@H](Oc3nc4ccccc4nc3-c3ncco3)CC2C1=O. The average molecular weight is 763 g/mol. The maximum Gasteiger partial charge on any atom is 0.408 e. The first-order chi connectivity index (χ1) is 25.7. The van der Waals surface area contributed by atoms with Gasteiger partial charge in [0.25, 0.3) is 11.8 Å². The van der Waals surface area contributed by atoms with Crippen molar-refractivity contribution in [2.75, 3.05) is 0 Å². The highest BCUT2D eigenvalue weighted by Crippen LogP contribution is 2.47. The number of sulfonamides is 1. The van der Waals surface area contributed by atoms with E-state index in [0.29, 0.717) is 43.1 Å². The Morgan fingerprint density at radius 3 is 2.44 bits per heavy atom. The van der Waals surface area contributed by atoms with E-state index in [1.807, 2.05) is 24.3 Å². The van der Waals surface area contributed by atoms with E-state index in [4.69, 9.17) is 23.9 Å². The number of Topliss-reactive ketones (excluding diaryl/α,β-unsaturated/α-hetero) is 1. The van der Waals surface area contributed by atoms with E-state index in [9.17, 15) is 27.6 Å². The minimum absolute atomic E-state index is 0.0551. The molecule has 1 aliphatic heterocycles. The van der Waals surface area contributed by atoms with Crippen molar-refractivity contribution < 1.29 is 41.5 Å². The molecule has 3 N–H and O–H groups in total. The Morgan fingerprint density at radius 1 is 1.00 bits per heavy atom. The van der Waals surface area contributed by atoms with Gasteiger partial charge in [0.15, 0.2) is 11.5 Å². The maximum atomic E-state index is 14.6. The molecule has 288 valence electrons. The van der Waals surface area contributed by atoms with Crippen LogP contribution in [-0.2, 0) is 29.1 Å². The molecule has 1 aromatic carbocycles. The van der Waals surface area contributed by atoms with Crippen LogP contribution < -0.4 is 20.1 Å². The zero-order valence-corrected chi connectivity index (χ0v) is 31.4. The predicted molar refractivity (Wildman–Crippen MR) is 195 cm³/mol. The van der Waals surface area contributed by atoms with E-state index in [2.05, 4.69) is 20.3 Å². The van der Waals surface area contributed by atoms with Crippen molar-refractivity contribution in [1.82, 2.24) is 30.3 Å². The summed E-state index contributed by atoms with van der Waals surface area (Å²) < 4.78 is 45.5. The Morgan fingerprint density at radius 2 is 1.74 bits per heavy atom. The lowest BCUT2D eigenvalue weighted by molar-refractivity contribution is -0.136. The molecule has 3 amide bonds. The second kappa shape index (κ2) is 14.8. The van der Waals surface area contributed by atoms with E-state index in [1.54, 1.807) is 32.9 Å². The number of ketones is 1. The molecular weight excluding hydrogens is 717 g/mol. The summed E-state index contributed by atoms with van der Waals surface area (Å²) in [6, 6.07) is 6.25. The van der Waals surface area contributed by atoms with E-state index in [-0.39, 0.29) is 42.5 Å². The largest absolute Gasteiger partial charge is 0.473 e. The number of aromatic nitrogens is 3. The Labute approximate surface area is 313 Å². The molecule has 0 saturated heterocycles. The summed E-state index contributed by atoms with van der Waals surface area (Å²) in [4.78, 5) is 69.4. The number of nitrogens with zero attached hydrogens (tertiary/aromatic N) is 3. The van der Waals surface area contributed by atoms with Crippen molar-refractivity contribution >= 4 is 44.7 Å². The van der Waals surface area contributed by atoms with Crippen LogP contribution in [0.15, 0.2) is 53.3 Å². The number of oxazole rings is 1. The molecule has 16 heteroatoms. The number of hydrogen-bond donors (Lipinski definition) is 3. The number of para-hydroxylation sites is 2. The van der Waals surface area contributed by atoms with Crippen LogP contribution in [0.2, 0.25) is 0 Å². The number of carbonyl (C=O) groups is 4. The summed E-state index contributed by atoms with van der Waals surface area (Å²) in [7, 11) is -3.90. The molecule has 15 nitrogen and oxygen atoms in total. The first kappa shape index (κ1) is 37.5. The number of ether oxygens (including phenoxy) is 2. The molecular formula is C38H46N6O9S. The molecule has 4 aliphatic rings. The standard InChI is InChI=1S/C38H46N6O9S/c1-37(2,3)53-36(48)42-29-14-8-6-4-5-7-11-22-21-38(22,35(47)44-54(49,50)24-15-16-24)43-32(46)26-20-23(19-25(26)31(29)45)52-34-30(33-39-17-18-51-33)40-27-12-9-10-13-28(27)41-34/h7,9-13,17-18,22-26,29H,4-6,8,14-16,19-21H2,1-3H3,(H,42,48)(H,43,46)(H,44,47)/b11-7-/t22?,23-,25?,26+,29+,38+/m0/s1. The predicted octanol–water partition coefficient (Wildman–Crippen LogP) is 4.52. The zero-order valence-electron chi connectivity index (χ0n) is 30.6. The Kier molecular flexibility index (Phi) is 10.2. The zero-order chi connectivity index (χ0) is 38.3. The minimum Gasteiger partial charge on any atom is -0.473 e. The Bertz CT molecular complexity index is 2060. The molecule has 3 fully saturated rings. The van der Waals surface area contributed by atoms with Crippen LogP contribution >= 0.6 is 0 Å². The number of allylic oxidation sites excluding steroid dienone is 1. The van der Waals surface area contributed by atoms with Gasteiger partial charge in [0.2, 0.25) is 21.8 Å². The number of benzene rings is 1. The second-order valence-corrected chi connectivity index (χ2v) is 17.7. The van der Waals surface area contributed by atoms with Gasteiger partial charge in [-0.15, -0.1) is 0 Å². The monoisotopic (exact) mass is 762 g/mol. The molecule has 2 unspecified atom stereocenters. The molecule has 3 heterocycles. The van der Waals surface area contributed by atoms with E-state index in [0.717, 1.165) is 12.8 Å². The number of alkyl carbamates (subject to hydrolysis) is 1. The molecule has 2 aromatic heterocycles. The number of hydrogen-bond acceptors (Lipinski definition) is 12. The number of fused-ring (bicyclic) bond motifs is 3. The van der Waals surface area contributed by atoms with Gasteiger partial charge in [-0.25, -0.2) is 28.2 Å². The average Bonchev–Trinajstić information content (AvgIpc) is 3.97. The van der Waals surface area contributed by atoms with Crippen molar-refractivity contribution in [3.05, 3.63) is 48.9 Å². The highest BCUT2D eigenvalue weighted by atomic mass is 32.2. The van der Waals surface area contributed by atoms with E-state index in [1.165, 1.54) is 12.5 Å². The van der Waals surface area contributed by atoms with Gasteiger partial charge in [-0.05, 0) is 84.3 Å². The highest BCUT2D eigenvalue weighted by Gasteiger charge is 2.62. The first-order valence-electron chi connectivity index (χ1n) is 18.6. The van der Waals surface area contributed by atoms with Crippen LogP contribution in [0, 0.1) is 17.8 Å². The normalized spacial score (nSPS) is 28.4. The molecule has 0 radical (unpaired) electrons. The lowest BCUT2D eigenvalue weighted by Gasteiger charge is -2.27. The smallest absolute Gasteiger partial charge is 0.408 e. The summed E-state index contributed by atoms with van der Waals surface area (Å²) >= 11 is 0. The molecule has 0 bridgehead atoms. The number of amides is 3. The van der Waals surface area contributed by atoms with Crippen molar-refractivity contribution in [3.8, 4) is 17.5 Å². The number of carbonyl (C=O) groups excluding carboxylic acids is 4. The quantitative estimate of drug-likeness (QED) is 0.284. The van der Waals surface area contributed by atoms with E-state index < -0.39 is 74.2 Å². The van der Waals surface area contributed by atoms with Crippen LogP contribution in [0.1, 0.15) is 85.0 Å². The topological polar surface area (TPSA) is 209 Å². The van der Waals surface area contributed by atoms with Gasteiger partial charge >= 0.3 is 6.09 Å². The molecule has 3 saturated carbocycles. The Balaban J connectivity index is 1.21. The van der Waals surface area contributed by atoms with Gasteiger partial charge in [-0.2, -0.15) is 0 Å². The molecule has 6 atom stereocenters. The summed E-state index contributed by atoms with van der Waals surface area (Å²) in [5.74, 6) is -3.83. The summed E-state index contributed by atoms with van der Waals surface area (Å²) in [6.07, 6.45) is 9.70. The lowest BCUT2D eigenvalue weighted by Crippen LogP contribution is -2.54. The summed E-state index contributed by atoms with van der Waals surface area (Å²) in [5, 5.41) is 5.04. The third kappa shape index (κ3) is 8.27. The van der Waals surface area contributed by atoms with Gasteiger partial charge in [0.05, 0.1) is 34.4 Å². The lowest BCUT2D eigenvalue weighted by atomic mass is 9.85. The third-order valence-corrected chi connectivity index (χ3v) is 12.2. The summed E-state index contributed by atoms with van der Waals surface area (Å²) in [5.41, 5.74) is -0.934. The molecule has 54 heavy (non-hydrogen) atoms. The van der Waals surface area contributed by atoms with Crippen LogP contribution in [0.25, 0.3) is 22.6 Å². The van der Waals surface area contributed by atoms with Crippen LogP contribution in [0.5, 0.6) is 5.88 Å². The number of nitrogens with one attached hydrogen (secondary N) is 3. The fourth-order valence-corrected chi connectivity index (χ4v) is 8.78. The van der Waals surface area contributed by atoms with Gasteiger partial charge in [-0.1, -0.05) is 37.1 Å². The Hall–Kier alpha value is -4.86. The van der Waals surface area contributed by atoms with Crippen molar-refractivity contribution in [2.45, 2.75) is 114 Å². The van der Waals surface area contributed by atoms with Crippen molar-refractivity contribution in [2.24, 2.45) is 17.8 Å². The molecule has 0 spiro atoms. The van der Waals surface area contributed by atoms with Gasteiger partial charge in [0.1, 0.15) is 23.5 Å². The summed E-state index contributed by atoms with van der Waals surface area (Å²) in [6.45, 7) is 5.19. The van der Waals surface area contributed by atoms with Gasteiger partial charge in [0, 0.05) is 11.8 Å².